The summed E-state index contributed by atoms with van der Waals surface area (Å²) in [6, 6.07) is 17.4. The molecule has 2 aromatic carbocycles. The molecule has 3 aromatic heterocycles. The number of fused-ring (bicyclic) bond motifs is 2. The van der Waals surface area contributed by atoms with Crippen LogP contribution in [-0.4, -0.2) is 20.7 Å². The Kier molecular flexibility index (Phi) is 4.94. The van der Waals surface area contributed by atoms with Crippen LogP contribution in [0.2, 0.25) is 0 Å². The first-order valence-electron chi connectivity index (χ1n) is 10.5. The van der Waals surface area contributed by atoms with Crippen molar-refractivity contribution in [3.8, 4) is 11.3 Å². The maximum Gasteiger partial charge on any atom is 0.337 e. The predicted octanol–water partition coefficient (Wildman–Crippen LogP) is 5.29. The highest BCUT2D eigenvalue weighted by Crippen LogP contribution is 2.32. The lowest BCUT2D eigenvalue weighted by Gasteiger charge is -2.19. The van der Waals surface area contributed by atoms with Crippen LogP contribution in [0.15, 0.2) is 82.3 Å². The lowest BCUT2D eigenvalue weighted by Crippen LogP contribution is -2.12. The molecule has 0 saturated heterocycles. The van der Waals surface area contributed by atoms with E-state index >= 15 is 0 Å². The fourth-order valence-electron chi connectivity index (χ4n) is 4.12. The van der Waals surface area contributed by atoms with E-state index in [1.807, 2.05) is 50.4 Å². The average Bonchev–Trinajstić information content (AvgIpc) is 3.23. The van der Waals surface area contributed by atoms with E-state index in [2.05, 4.69) is 10.4 Å². The van der Waals surface area contributed by atoms with E-state index in [-0.39, 0.29) is 17.0 Å². The molecular formula is C26H21N3O4. The van der Waals surface area contributed by atoms with Gasteiger partial charge >= 0.3 is 5.97 Å². The fraction of sp³-hybridized carbons (Fsp3) is 0.115. The van der Waals surface area contributed by atoms with E-state index in [4.69, 9.17) is 4.42 Å². The van der Waals surface area contributed by atoms with E-state index in [1.54, 1.807) is 35.0 Å². The van der Waals surface area contributed by atoms with Crippen LogP contribution in [0.5, 0.6) is 0 Å². The molecule has 0 spiro atoms. The van der Waals surface area contributed by atoms with Gasteiger partial charge < -0.3 is 14.8 Å². The Morgan fingerprint density at radius 1 is 1.12 bits per heavy atom. The van der Waals surface area contributed by atoms with Crippen molar-refractivity contribution in [2.45, 2.75) is 19.9 Å². The number of hydrogen-bond donors (Lipinski definition) is 2. The van der Waals surface area contributed by atoms with Gasteiger partial charge in [-0.05, 0) is 49.7 Å². The number of aryl methyl sites for hydroxylation is 1. The van der Waals surface area contributed by atoms with Gasteiger partial charge in [0.05, 0.1) is 34.3 Å². The summed E-state index contributed by atoms with van der Waals surface area (Å²) in [5, 5.41) is 17.6. The SMILES string of the molecule is Cc1cc([C@@H](C)Nc2ccccc2C(=O)O)c2oc(-c3cnn4ccccc34)cc(=O)c2c1. The van der Waals surface area contributed by atoms with Gasteiger partial charge in [-0.1, -0.05) is 24.3 Å². The van der Waals surface area contributed by atoms with Gasteiger partial charge in [0, 0.05) is 23.5 Å². The minimum absolute atomic E-state index is 0.149. The first-order valence-corrected chi connectivity index (χ1v) is 10.5. The normalized spacial score (nSPS) is 12.2. The number of benzene rings is 2. The molecule has 3 heterocycles. The molecule has 0 bridgehead atoms. The Morgan fingerprint density at radius 3 is 2.73 bits per heavy atom. The van der Waals surface area contributed by atoms with Crippen LogP contribution in [0.1, 0.15) is 34.5 Å². The molecule has 2 N–H and O–H groups in total. The summed E-state index contributed by atoms with van der Waals surface area (Å²) in [6.07, 6.45) is 3.51. The molecule has 1 atom stereocenters. The van der Waals surface area contributed by atoms with E-state index in [1.165, 1.54) is 6.07 Å². The highest BCUT2D eigenvalue weighted by molar-refractivity contribution is 5.94. The van der Waals surface area contributed by atoms with Crippen LogP contribution in [-0.2, 0) is 0 Å². The molecule has 164 valence electrons. The molecule has 0 aliphatic rings. The molecule has 0 aliphatic carbocycles. The third-order valence-corrected chi connectivity index (χ3v) is 5.69. The Hall–Kier alpha value is -4.39. The number of aromatic carboxylic acids is 1. The van der Waals surface area contributed by atoms with E-state index in [9.17, 15) is 14.7 Å². The summed E-state index contributed by atoms with van der Waals surface area (Å²) in [5.41, 5.74) is 4.21. The summed E-state index contributed by atoms with van der Waals surface area (Å²) in [4.78, 5) is 24.7. The first-order chi connectivity index (χ1) is 15.9. The van der Waals surface area contributed by atoms with Crippen LogP contribution < -0.4 is 10.7 Å². The van der Waals surface area contributed by atoms with Gasteiger partial charge in [-0.15, -0.1) is 0 Å². The summed E-state index contributed by atoms with van der Waals surface area (Å²) in [5.74, 6) is -0.585. The van der Waals surface area contributed by atoms with E-state index in [0.29, 0.717) is 22.4 Å². The molecule has 0 radical (unpaired) electrons. The molecule has 7 heteroatoms. The number of pyridine rings is 1. The van der Waals surface area contributed by atoms with Gasteiger partial charge in [0.1, 0.15) is 11.3 Å². The maximum absolute atomic E-state index is 13.1. The van der Waals surface area contributed by atoms with Crippen molar-refractivity contribution >= 4 is 28.1 Å². The van der Waals surface area contributed by atoms with Crippen LogP contribution in [0.25, 0.3) is 27.8 Å². The summed E-state index contributed by atoms with van der Waals surface area (Å²) >= 11 is 0. The quantitative estimate of drug-likeness (QED) is 0.386. The average molecular weight is 439 g/mol. The van der Waals surface area contributed by atoms with Crippen molar-refractivity contribution in [1.82, 2.24) is 9.61 Å². The van der Waals surface area contributed by atoms with Crippen LogP contribution >= 0.6 is 0 Å². The monoisotopic (exact) mass is 439 g/mol. The van der Waals surface area contributed by atoms with Crippen LogP contribution in [0, 0.1) is 6.92 Å². The number of para-hydroxylation sites is 1. The van der Waals surface area contributed by atoms with Gasteiger partial charge in [-0.2, -0.15) is 5.10 Å². The van der Waals surface area contributed by atoms with Crippen molar-refractivity contribution in [3.63, 3.8) is 0 Å². The smallest absolute Gasteiger partial charge is 0.337 e. The lowest BCUT2D eigenvalue weighted by molar-refractivity contribution is 0.0698. The number of nitrogens with one attached hydrogen (secondary N) is 1. The third-order valence-electron chi connectivity index (χ3n) is 5.69. The number of rotatable bonds is 5. The standard InChI is InChI=1S/C26H21N3O4/c1-15-11-18(16(2)28-21-8-4-3-7-17(21)26(31)32)25-19(12-15)23(30)13-24(33-25)20-14-27-29-10-6-5-9-22(20)29/h3-14,16,28H,1-2H3,(H,31,32)/t16-/m1/s1. The van der Waals surface area contributed by atoms with Crippen molar-refractivity contribution in [2.24, 2.45) is 0 Å². The van der Waals surface area contributed by atoms with Crippen LogP contribution in [0.4, 0.5) is 5.69 Å². The molecule has 7 nitrogen and oxygen atoms in total. The number of carbonyl (C=O) groups is 1. The third kappa shape index (κ3) is 3.63. The van der Waals surface area contributed by atoms with Crippen molar-refractivity contribution in [3.05, 3.63) is 100.0 Å². The molecule has 0 unspecified atom stereocenters. The zero-order valence-corrected chi connectivity index (χ0v) is 18.1. The second-order valence-electron chi connectivity index (χ2n) is 8.01. The maximum atomic E-state index is 13.1. The Bertz CT molecular complexity index is 1580. The van der Waals surface area contributed by atoms with Gasteiger partial charge in [0.15, 0.2) is 5.43 Å². The second kappa shape index (κ2) is 7.94. The van der Waals surface area contributed by atoms with Crippen molar-refractivity contribution in [2.75, 3.05) is 5.32 Å². The molecule has 0 saturated carbocycles. The second-order valence-corrected chi connectivity index (χ2v) is 8.01. The highest BCUT2D eigenvalue weighted by Gasteiger charge is 2.19. The summed E-state index contributed by atoms with van der Waals surface area (Å²) < 4.78 is 8.03. The topological polar surface area (TPSA) is 96.8 Å². The Morgan fingerprint density at radius 2 is 1.91 bits per heavy atom. The number of nitrogens with zero attached hydrogens (tertiary/aromatic N) is 2. The zero-order valence-electron chi connectivity index (χ0n) is 18.1. The largest absolute Gasteiger partial charge is 0.478 e. The number of carboxylic acids is 1. The van der Waals surface area contributed by atoms with Crippen molar-refractivity contribution in [1.29, 1.82) is 0 Å². The predicted molar refractivity (Wildman–Crippen MR) is 127 cm³/mol. The van der Waals surface area contributed by atoms with E-state index in [0.717, 1.165) is 22.2 Å². The molecule has 0 fully saturated rings. The zero-order chi connectivity index (χ0) is 23.1. The highest BCUT2D eigenvalue weighted by atomic mass is 16.4. The number of carboxylic acid groups (broad SMARTS) is 1. The van der Waals surface area contributed by atoms with Gasteiger partial charge in [0.2, 0.25) is 0 Å². The van der Waals surface area contributed by atoms with Gasteiger partial charge in [0.25, 0.3) is 0 Å². The summed E-state index contributed by atoms with van der Waals surface area (Å²) in [7, 11) is 0. The number of aromatic nitrogens is 2. The Labute approximate surface area is 188 Å². The number of hydrogen-bond acceptors (Lipinski definition) is 5. The molecule has 33 heavy (non-hydrogen) atoms. The minimum Gasteiger partial charge on any atom is -0.478 e. The molecule has 0 aliphatic heterocycles. The Balaban J connectivity index is 1.66. The molecule has 5 aromatic rings. The fourth-order valence-corrected chi connectivity index (χ4v) is 4.12. The number of anilines is 1. The van der Waals surface area contributed by atoms with E-state index < -0.39 is 5.97 Å². The molecular weight excluding hydrogens is 418 g/mol. The first kappa shape index (κ1) is 20.5. The minimum atomic E-state index is -1.01. The van der Waals surface area contributed by atoms with Gasteiger partial charge in [-0.25, -0.2) is 9.31 Å². The summed E-state index contributed by atoms with van der Waals surface area (Å²) in [6.45, 7) is 3.83. The van der Waals surface area contributed by atoms with Gasteiger partial charge in [-0.3, -0.25) is 4.79 Å². The van der Waals surface area contributed by atoms with Crippen molar-refractivity contribution < 1.29 is 14.3 Å². The lowest BCUT2D eigenvalue weighted by atomic mass is 10.00. The molecule has 0 amide bonds. The van der Waals surface area contributed by atoms with Crippen LogP contribution in [0.3, 0.4) is 0 Å². The molecule has 5 rings (SSSR count).